The maximum Gasteiger partial charge on any atom is 0.316 e. The average Bonchev–Trinajstić information content (AvgIpc) is 2.82. The minimum Gasteiger partial charge on any atom is -0.497 e. The lowest BCUT2D eigenvalue weighted by molar-refractivity contribution is -0.150. The predicted molar refractivity (Wildman–Crippen MR) is 135 cm³/mol. The molecule has 1 aliphatic heterocycles. The molecule has 0 radical (unpaired) electrons. The van der Waals surface area contributed by atoms with Gasteiger partial charge in [-0.15, -0.1) is 0 Å². The van der Waals surface area contributed by atoms with Gasteiger partial charge < -0.3 is 14.4 Å². The fourth-order valence-electron chi connectivity index (χ4n) is 5.46. The summed E-state index contributed by atoms with van der Waals surface area (Å²) in [6.45, 7) is 9.73. The lowest BCUT2D eigenvalue weighted by atomic mass is 9.68. The summed E-state index contributed by atoms with van der Waals surface area (Å²) in [5.41, 5.74) is 3.20. The van der Waals surface area contributed by atoms with Crippen molar-refractivity contribution in [3.8, 4) is 5.75 Å². The van der Waals surface area contributed by atoms with E-state index in [9.17, 15) is 4.79 Å². The number of hydrogen-bond acceptors (Lipinski definition) is 4. The van der Waals surface area contributed by atoms with Crippen molar-refractivity contribution in [1.82, 2.24) is 4.90 Å². The number of benzene rings is 2. The molecule has 4 heteroatoms. The fraction of sp³-hybridized carbons (Fsp3) is 0.552. The molecule has 1 heterocycles. The molecule has 1 aliphatic rings. The van der Waals surface area contributed by atoms with E-state index < -0.39 is 5.41 Å². The minimum absolute atomic E-state index is 0.137. The van der Waals surface area contributed by atoms with E-state index in [0.29, 0.717) is 0 Å². The molecule has 180 valence electrons. The number of carbonyl (C=O) groups excluding carboxylic acids is 1. The van der Waals surface area contributed by atoms with Gasteiger partial charge in [0.2, 0.25) is 0 Å². The van der Waals surface area contributed by atoms with Crippen LogP contribution in [-0.2, 0) is 21.4 Å². The Morgan fingerprint density at radius 3 is 2.36 bits per heavy atom. The Morgan fingerprint density at radius 1 is 1.09 bits per heavy atom. The van der Waals surface area contributed by atoms with Crippen LogP contribution in [0.1, 0.15) is 56.2 Å². The average molecular weight is 452 g/mol. The normalized spacial score (nSPS) is 17.0. The third-order valence-corrected chi connectivity index (χ3v) is 7.50. The van der Waals surface area contributed by atoms with E-state index in [2.05, 4.69) is 49.9 Å². The van der Waals surface area contributed by atoms with Crippen molar-refractivity contribution in [2.45, 2.75) is 58.3 Å². The van der Waals surface area contributed by atoms with Gasteiger partial charge in [-0.1, -0.05) is 55.8 Å². The summed E-state index contributed by atoms with van der Waals surface area (Å²) in [6, 6.07) is 16.8. The van der Waals surface area contributed by atoms with Crippen molar-refractivity contribution in [2.75, 3.05) is 33.9 Å². The second-order valence-corrected chi connectivity index (χ2v) is 9.93. The standard InChI is InChI=1S/C29H41NO3/c1-22(2)29(28(31)33-5,26-10-12-27(32-4)13-11-26)16-7-17-30-18-14-24(15-19-30)21-25-9-6-8-23(3)20-25/h6,8-13,20,22,24H,7,14-19,21H2,1-5H3. The Hall–Kier alpha value is -2.33. The third-order valence-electron chi connectivity index (χ3n) is 7.50. The Kier molecular flexibility index (Phi) is 8.96. The van der Waals surface area contributed by atoms with E-state index in [0.717, 1.165) is 49.7 Å². The van der Waals surface area contributed by atoms with Crippen molar-refractivity contribution < 1.29 is 14.3 Å². The number of esters is 1. The molecular formula is C29H41NO3. The number of rotatable bonds is 10. The zero-order chi connectivity index (χ0) is 23.8. The van der Waals surface area contributed by atoms with Crippen LogP contribution in [0.4, 0.5) is 0 Å². The SMILES string of the molecule is COC(=O)C(CCCN1CCC(Cc2cccc(C)c2)CC1)(c1ccc(OC)cc1)C(C)C. The lowest BCUT2D eigenvalue weighted by Gasteiger charge is -2.37. The topological polar surface area (TPSA) is 38.8 Å². The first-order valence-electron chi connectivity index (χ1n) is 12.4. The van der Waals surface area contributed by atoms with E-state index in [1.165, 1.54) is 37.5 Å². The molecule has 3 rings (SSSR count). The first kappa shape index (κ1) is 25.3. The molecule has 33 heavy (non-hydrogen) atoms. The van der Waals surface area contributed by atoms with Crippen LogP contribution in [0.3, 0.4) is 0 Å². The number of methoxy groups -OCH3 is 2. The molecule has 0 aromatic heterocycles. The van der Waals surface area contributed by atoms with Gasteiger partial charge in [0.05, 0.1) is 19.6 Å². The summed E-state index contributed by atoms with van der Waals surface area (Å²) in [7, 11) is 3.16. The highest BCUT2D eigenvalue weighted by molar-refractivity contribution is 5.83. The van der Waals surface area contributed by atoms with E-state index in [4.69, 9.17) is 9.47 Å². The van der Waals surface area contributed by atoms with Gasteiger partial charge in [0.25, 0.3) is 0 Å². The Bertz CT molecular complexity index is 884. The van der Waals surface area contributed by atoms with Crippen LogP contribution >= 0.6 is 0 Å². The van der Waals surface area contributed by atoms with E-state index >= 15 is 0 Å². The number of likely N-dealkylation sites (tertiary alicyclic amines) is 1. The molecule has 1 unspecified atom stereocenters. The molecule has 1 atom stereocenters. The van der Waals surface area contributed by atoms with Gasteiger partial charge in [0.15, 0.2) is 0 Å². The van der Waals surface area contributed by atoms with Gasteiger partial charge >= 0.3 is 5.97 Å². The number of nitrogens with zero attached hydrogens (tertiary/aromatic N) is 1. The summed E-state index contributed by atoms with van der Waals surface area (Å²) in [6.07, 6.45) is 5.44. The molecule has 0 N–H and O–H groups in total. The van der Waals surface area contributed by atoms with E-state index in [-0.39, 0.29) is 11.9 Å². The smallest absolute Gasteiger partial charge is 0.316 e. The summed E-state index contributed by atoms with van der Waals surface area (Å²) in [5, 5.41) is 0. The monoisotopic (exact) mass is 451 g/mol. The van der Waals surface area contributed by atoms with Crippen molar-refractivity contribution in [2.24, 2.45) is 11.8 Å². The minimum atomic E-state index is -0.634. The zero-order valence-electron chi connectivity index (χ0n) is 21.1. The number of carbonyl (C=O) groups is 1. The van der Waals surface area contributed by atoms with Gasteiger partial charge in [-0.3, -0.25) is 4.79 Å². The second kappa shape index (κ2) is 11.7. The molecule has 0 spiro atoms. The van der Waals surface area contributed by atoms with E-state index in [1.54, 1.807) is 7.11 Å². The fourth-order valence-corrected chi connectivity index (χ4v) is 5.46. The predicted octanol–water partition coefficient (Wildman–Crippen LogP) is 5.81. The Morgan fingerprint density at radius 2 is 1.79 bits per heavy atom. The number of hydrogen-bond donors (Lipinski definition) is 0. The number of ether oxygens (including phenoxy) is 2. The second-order valence-electron chi connectivity index (χ2n) is 9.93. The number of piperidine rings is 1. The maximum atomic E-state index is 13.1. The quantitative estimate of drug-likeness (QED) is 0.428. The first-order valence-corrected chi connectivity index (χ1v) is 12.4. The van der Waals surface area contributed by atoms with Crippen molar-refractivity contribution in [3.63, 3.8) is 0 Å². The number of aryl methyl sites for hydroxylation is 1. The molecule has 2 aromatic rings. The van der Waals surface area contributed by atoms with Gasteiger partial charge in [-0.25, -0.2) is 0 Å². The van der Waals surface area contributed by atoms with Crippen LogP contribution in [0.25, 0.3) is 0 Å². The summed E-state index contributed by atoms with van der Waals surface area (Å²) >= 11 is 0. The molecule has 2 aromatic carbocycles. The van der Waals surface area contributed by atoms with Crippen LogP contribution in [0.2, 0.25) is 0 Å². The van der Waals surface area contributed by atoms with Crippen LogP contribution in [0.15, 0.2) is 48.5 Å². The third kappa shape index (κ3) is 6.17. The van der Waals surface area contributed by atoms with Crippen LogP contribution in [0, 0.1) is 18.8 Å². The molecule has 1 saturated heterocycles. The van der Waals surface area contributed by atoms with E-state index in [1.807, 2.05) is 24.3 Å². The van der Waals surface area contributed by atoms with Crippen molar-refractivity contribution in [1.29, 1.82) is 0 Å². The summed E-state index contributed by atoms with van der Waals surface area (Å²) < 4.78 is 10.6. The molecule has 4 nitrogen and oxygen atoms in total. The van der Waals surface area contributed by atoms with Crippen LogP contribution in [0.5, 0.6) is 5.75 Å². The first-order chi connectivity index (χ1) is 15.9. The van der Waals surface area contributed by atoms with Gasteiger partial charge in [-0.2, -0.15) is 0 Å². The molecule has 0 saturated carbocycles. The lowest BCUT2D eigenvalue weighted by Crippen LogP contribution is -2.43. The Balaban J connectivity index is 1.58. The molecule has 0 bridgehead atoms. The van der Waals surface area contributed by atoms with Crippen molar-refractivity contribution in [3.05, 3.63) is 65.2 Å². The molecule has 1 fully saturated rings. The molecule has 0 amide bonds. The largest absolute Gasteiger partial charge is 0.497 e. The summed E-state index contributed by atoms with van der Waals surface area (Å²) in [4.78, 5) is 15.7. The zero-order valence-corrected chi connectivity index (χ0v) is 21.1. The highest BCUT2D eigenvalue weighted by atomic mass is 16.5. The van der Waals surface area contributed by atoms with Crippen LogP contribution in [-0.4, -0.2) is 44.7 Å². The highest BCUT2D eigenvalue weighted by Gasteiger charge is 2.44. The molecular weight excluding hydrogens is 410 g/mol. The Labute approximate surface area is 200 Å². The van der Waals surface area contributed by atoms with Crippen LogP contribution < -0.4 is 4.74 Å². The molecule has 0 aliphatic carbocycles. The summed E-state index contributed by atoms with van der Waals surface area (Å²) in [5.74, 6) is 1.57. The van der Waals surface area contributed by atoms with Gasteiger partial charge in [0.1, 0.15) is 5.75 Å². The highest BCUT2D eigenvalue weighted by Crippen LogP contribution is 2.39. The van der Waals surface area contributed by atoms with Crippen molar-refractivity contribution >= 4 is 5.97 Å². The maximum absolute atomic E-state index is 13.1. The van der Waals surface area contributed by atoms with Gasteiger partial charge in [0, 0.05) is 0 Å². The van der Waals surface area contributed by atoms with Gasteiger partial charge in [-0.05, 0) is 93.8 Å².